The van der Waals surface area contributed by atoms with Crippen LogP contribution < -0.4 is 15.4 Å². The average molecular weight is 526 g/mol. The van der Waals surface area contributed by atoms with Gasteiger partial charge in [0.2, 0.25) is 0 Å². The zero-order valence-corrected chi connectivity index (χ0v) is 21.5. The van der Waals surface area contributed by atoms with E-state index in [9.17, 15) is 14.4 Å². The van der Waals surface area contributed by atoms with Crippen LogP contribution in [0.4, 0.5) is 4.79 Å². The second-order valence-electron chi connectivity index (χ2n) is 8.23. The van der Waals surface area contributed by atoms with Crippen LogP contribution in [-0.2, 0) is 32.1 Å². The largest absolute Gasteiger partial charge is 0.489 e. The molecule has 0 spiro atoms. The zero-order valence-electron chi connectivity index (χ0n) is 20.7. The van der Waals surface area contributed by atoms with Crippen LogP contribution in [0.1, 0.15) is 40.4 Å². The van der Waals surface area contributed by atoms with E-state index in [2.05, 4.69) is 15.8 Å². The first kappa shape index (κ1) is 26.0. The molecule has 0 radical (unpaired) electrons. The summed E-state index contributed by atoms with van der Waals surface area (Å²) >= 11 is 1.39. The fourth-order valence-corrected chi connectivity index (χ4v) is 4.57. The summed E-state index contributed by atoms with van der Waals surface area (Å²) in [6.45, 7) is 5.59. The number of carbonyl (C=O) groups is 3. The molecule has 2 aromatic heterocycles. The minimum absolute atomic E-state index is 0.00666. The number of hydrogen-bond donors (Lipinski definition) is 2. The highest BCUT2D eigenvalue weighted by molar-refractivity contribution is 7.10. The van der Waals surface area contributed by atoms with E-state index >= 15 is 0 Å². The number of aromatic nitrogens is 1. The smallest absolute Gasteiger partial charge is 0.338 e. The van der Waals surface area contributed by atoms with Crippen LogP contribution in [0.25, 0.3) is 0 Å². The van der Waals surface area contributed by atoms with Crippen molar-refractivity contribution in [2.45, 2.75) is 39.8 Å². The lowest BCUT2D eigenvalue weighted by molar-refractivity contribution is -0.143. The van der Waals surface area contributed by atoms with Crippen molar-refractivity contribution in [2.75, 3.05) is 13.2 Å². The number of urea groups is 1. The third kappa shape index (κ3) is 6.36. The van der Waals surface area contributed by atoms with Crippen molar-refractivity contribution >= 4 is 29.3 Å². The number of hydrogen-bond acceptors (Lipinski definition) is 9. The molecule has 1 atom stereocenters. The number of aryl methyl sites for hydroxylation is 2. The predicted molar refractivity (Wildman–Crippen MR) is 134 cm³/mol. The summed E-state index contributed by atoms with van der Waals surface area (Å²) in [6, 6.07) is 9.51. The molecule has 10 nitrogen and oxygen atoms in total. The van der Waals surface area contributed by atoms with Crippen molar-refractivity contribution in [3.05, 3.63) is 80.5 Å². The maximum absolute atomic E-state index is 12.7. The summed E-state index contributed by atoms with van der Waals surface area (Å²) in [4.78, 5) is 38.3. The normalized spacial score (nSPS) is 15.1. The van der Waals surface area contributed by atoms with Crippen molar-refractivity contribution in [1.82, 2.24) is 15.8 Å². The Labute approximate surface area is 217 Å². The Morgan fingerprint density at radius 3 is 2.54 bits per heavy atom. The molecule has 2 N–H and O–H groups in total. The summed E-state index contributed by atoms with van der Waals surface area (Å²) in [7, 11) is 0. The second-order valence-corrected chi connectivity index (χ2v) is 9.21. The Bertz CT molecular complexity index is 1280. The van der Waals surface area contributed by atoms with Crippen LogP contribution in [-0.4, -0.2) is 36.3 Å². The molecule has 0 saturated carbocycles. The molecule has 11 heteroatoms. The van der Waals surface area contributed by atoms with E-state index in [1.807, 2.05) is 31.4 Å². The lowest BCUT2D eigenvalue weighted by Crippen LogP contribution is -2.47. The van der Waals surface area contributed by atoms with Crippen LogP contribution in [0.5, 0.6) is 5.75 Å². The molecule has 1 aromatic carbocycles. The first-order valence-corrected chi connectivity index (χ1v) is 12.5. The Balaban J connectivity index is 1.39. The standard InChI is InChI=1S/C26H27N3O7S/c1-4-33-25(31)23-20(27-26(32)28-24(23)21-6-5-11-37-21)14-35-22(30)12-17-7-9-18(10-8-17)34-13-19-15(2)29-36-16(19)3/h5-11,24H,4,12-14H2,1-3H3,(H2,27,28,32)/t24-/m1/s1. The van der Waals surface area contributed by atoms with Gasteiger partial charge < -0.3 is 29.4 Å². The molecular weight excluding hydrogens is 498 g/mol. The molecule has 0 unspecified atom stereocenters. The molecule has 2 amide bonds. The fourth-order valence-electron chi connectivity index (χ4n) is 3.79. The van der Waals surface area contributed by atoms with Gasteiger partial charge in [-0.2, -0.15) is 0 Å². The summed E-state index contributed by atoms with van der Waals surface area (Å²) < 4.78 is 21.6. The van der Waals surface area contributed by atoms with Gasteiger partial charge in [0.1, 0.15) is 24.7 Å². The fraction of sp³-hybridized carbons (Fsp3) is 0.308. The molecule has 3 heterocycles. The number of rotatable bonds is 10. The van der Waals surface area contributed by atoms with E-state index in [1.54, 1.807) is 31.2 Å². The van der Waals surface area contributed by atoms with Gasteiger partial charge in [0.25, 0.3) is 0 Å². The minimum Gasteiger partial charge on any atom is -0.489 e. The molecule has 0 aliphatic carbocycles. The van der Waals surface area contributed by atoms with Crippen LogP contribution >= 0.6 is 11.3 Å². The van der Waals surface area contributed by atoms with Crippen LogP contribution in [0.2, 0.25) is 0 Å². The SMILES string of the molecule is CCOC(=O)C1=C(COC(=O)Cc2ccc(OCc3c(C)noc3C)cc2)NC(=O)N[C@@H]1c1cccs1. The number of nitrogens with one attached hydrogen (secondary N) is 2. The number of ether oxygens (including phenoxy) is 3. The van der Waals surface area contributed by atoms with Crippen molar-refractivity contribution < 1.29 is 33.1 Å². The van der Waals surface area contributed by atoms with Gasteiger partial charge in [0.15, 0.2) is 0 Å². The van der Waals surface area contributed by atoms with Gasteiger partial charge in [0.05, 0.1) is 41.6 Å². The van der Waals surface area contributed by atoms with Gasteiger partial charge in [-0.1, -0.05) is 23.4 Å². The monoisotopic (exact) mass is 525 g/mol. The molecule has 0 bridgehead atoms. The van der Waals surface area contributed by atoms with E-state index in [0.29, 0.717) is 18.1 Å². The van der Waals surface area contributed by atoms with E-state index in [4.69, 9.17) is 18.7 Å². The zero-order chi connectivity index (χ0) is 26.4. The van der Waals surface area contributed by atoms with Crippen LogP contribution in [0, 0.1) is 13.8 Å². The lowest BCUT2D eigenvalue weighted by atomic mass is 10.0. The van der Waals surface area contributed by atoms with Gasteiger partial charge >= 0.3 is 18.0 Å². The number of amides is 2. The van der Waals surface area contributed by atoms with Gasteiger partial charge in [-0.05, 0) is 49.9 Å². The van der Waals surface area contributed by atoms with Gasteiger partial charge in [0, 0.05) is 4.88 Å². The number of thiophene rings is 1. The Morgan fingerprint density at radius 2 is 1.89 bits per heavy atom. The number of esters is 2. The first-order valence-electron chi connectivity index (χ1n) is 11.7. The molecular formula is C26H27N3O7S. The van der Waals surface area contributed by atoms with Gasteiger partial charge in [-0.25, -0.2) is 9.59 Å². The average Bonchev–Trinajstić information content (AvgIpc) is 3.52. The quantitative estimate of drug-likeness (QED) is 0.382. The van der Waals surface area contributed by atoms with Crippen molar-refractivity contribution in [2.24, 2.45) is 0 Å². The van der Waals surface area contributed by atoms with Crippen molar-refractivity contribution in [3.8, 4) is 5.75 Å². The number of carbonyl (C=O) groups excluding carboxylic acids is 3. The maximum atomic E-state index is 12.7. The minimum atomic E-state index is -0.695. The molecule has 37 heavy (non-hydrogen) atoms. The summed E-state index contributed by atoms with van der Waals surface area (Å²) in [5.74, 6) is 0.246. The van der Waals surface area contributed by atoms with E-state index < -0.39 is 24.0 Å². The molecule has 1 aliphatic heterocycles. The molecule has 4 rings (SSSR count). The highest BCUT2D eigenvalue weighted by Gasteiger charge is 2.34. The summed E-state index contributed by atoms with van der Waals surface area (Å²) in [5.41, 5.74) is 2.80. The first-order chi connectivity index (χ1) is 17.9. The summed E-state index contributed by atoms with van der Waals surface area (Å²) in [5, 5.41) is 11.1. The highest BCUT2D eigenvalue weighted by atomic mass is 32.1. The van der Waals surface area contributed by atoms with E-state index in [-0.39, 0.29) is 30.9 Å². The Kier molecular flexibility index (Phi) is 8.24. The lowest BCUT2D eigenvalue weighted by Gasteiger charge is -2.28. The molecule has 194 valence electrons. The highest BCUT2D eigenvalue weighted by Crippen LogP contribution is 2.30. The van der Waals surface area contributed by atoms with Crippen LogP contribution in [0.15, 0.2) is 57.6 Å². The topological polar surface area (TPSA) is 129 Å². The number of benzene rings is 1. The third-order valence-electron chi connectivity index (χ3n) is 5.69. The maximum Gasteiger partial charge on any atom is 0.338 e. The van der Waals surface area contributed by atoms with Crippen LogP contribution in [0.3, 0.4) is 0 Å². The molecule has 3 aromatic rings. The second kappa shape index (κ2) is 11.7. The van der Waals surface area contributed by atoms with Gasteiger partial charge in [-0.15, -0.1) is 11.3 Å². The van der Waals surface area contributed by atoms with Gasteiger partial charge in [-0.3, -0.25) is 4.79 Å². The third-order valence-corrected chi connectivity index (χ3v) is 6.63. The molecule has 0 saturated heterocycles. The van der Waals surface area contributed by atoms with E-state index in [0.717, 1.165) is 21.7 Å². The van der Waals surface area contributed by atoms with Crippen molar-refractivity contribution in [3.63, 3.8) is 0 Å². The molecule has 0 fully saturated rings. The Morgan fingerprint density at radius 1 is 1.11 bits per heavy atom. The predicted octanol–water partition coefficient (Wildman–Crippen LogP) is 3.89. The van der Waals surface area contributed by atoms with E-state index in [1.165, 1.54) is 11.3 Å². The number of nitrogens with zero attached hydrogens (tertiary/aromatic N) is 1. The van der Waals surface area contributed by atoms with Crippen molar-refractivity contribution in [1.29, 1.82) is 0 Å². The molecule has 1 aliphatic rings. The summed E-state index contributed by atoms with van der Waals surface area (Å²) in [6.07, 6.45) is 0.00666. The Hall–Kier alpha value is -4.12.